The molecule has 0 spiro atoms. The number of aromatic nitrogens is 1. The highest BCUT2D eigenvalue weighted by atomic mass is 35.5. The van der Waals surface area contributed by atoms with E-state index in [1.54, 1.807) is 42.5 Å². The third kappa shape index (κ3) is 4.05. The lowest BCUT2D eigenvalue weighted by atomic mass is 9.94. The lowest BCUT2D eigenvalue weighted by Crippen LogP contribution is -2.18. The number of hydrogen-bond donors (Lipinski definition) is 1. The van der Waals surface area contributed by atoms with Crippen LogP contribution in [0.1, 0.15) is 15.9 Å². The number of fused-ring (bicyclic) bond motifs is 1. The maximum Gasteiger partial charge on any atom is 0.260 e. The van der Waals surface area contributed by atoms with Gasteiger partial charge in [-0.25, -0.2) is 0 Å². The fourth-order valence-electron chi connectivity index (χ4n) is 3.29. The fraction of sp³-hybridized carbons (Fsp3) is 0. The molecular formula is C24H14Cl3NO2. The van der Waals surface area contributed by atoms with Crippen LogP contribution in [0.5, 0.6) is 0 Å². The van der Waals surface area contributed by atoms with Gasteiger partial charge in [-0.2, -0.15) is 0 Å². The molecule has 0 saturated heterocycles. The van der Waals surface area contributed by atoms with Crippen LogP contribution in [0.25, 0.3) is 28.1 Å². The SMILES string of the molecule is O=C(/C=C/c1ccc(Cl)cc1Cl)c1c(-c2ccccc2)c2cc(Cl)ccc2[nH]c1=O. The maximum atomic E-state index is 13.1. The van der Waals surface area contributed by atoms with Crippen LogP contribution in [0.2, 0.25) is 15.1 Å². The Kier molecular flexibility index (Phi) is 5.78. The summed E-state index contributed by atoms with van der Waals surface area (Å²) in [7, 11) is 0. The smallest absolute Gasteiger partial charge is 0.260 e. The molecule has 0 unspecified atom stereocenters. The highest BCUT2D eigenvalue weighted by Crippen LogP contribution is 2.32. The fourth-order valence-corrected chi connectivity index (χ4v) is 3.93. The van der Waals surface area contributed by atoms with Gasteiger partial charge in [-0.15, -0.1) is 0 Å². The molecule has 0 saturated carbocycles. The summed E-state index contributed by atoms with van der Waals surface area (Å²) in [5, 5.41) is 2.11. The molecule has 148 valence electrons. The van der Waals surface area contributed by atoms with Crippen LogP contribution < -0.4 is 5.56 Å². The van der Waals surface area contributed by atoms with Crippen LogP contribution in [0.4, 0.5) is 0 Å². The minimum atomic E-state index is -0.472. The van der Waals surface area contributed by atoms with Crippen LogP contribution in [-0.4, -0.2) is 10.8 Å². The van der Waals surface area contributed by atoms with Crippen LogP contribution in [0.15, 0.2) is 77.6 Å². The number of rotatable bonds is 4. The second kappa shape index (κ2) is 8.49. The molecule has 6 heteroatoms. The molecule has 0 aliphatic rings. The van der Waals surface area contributed by atoms with Crippen LogP contribution in [0.3, 0.4) is 0 Å². The Balaban J connectivity index is 1.91. The largest absolute Gasteiger partial charge is 0.321 e. The average molecular weight is 455 g/mol. The Labute approximate surface area is 187 Å². The van der Waals surface area contributed by atoms with Gasteiger partial charge in [-0.3, -0.25) is 9.59 Å². The summed E-state index contributed by atoms with van der Waals surface area (Å²) in [6.45, 7) is 0. The van der Waals surface area contributed by atoms with Crippen molar-refractivity contribution in [2.75, 3.05) is 0 Å². The molecule has 0 atom stereocenters. The normalized spacial score (nSPS) is 11.3. The molecule has 1 aromatic heterocycles. The number of aromatic amines is 1. The van der Waals surface area contributed by atoms with Gasteiger partial charge in [0.15, 0.2) is 5.78 Å². The summed E-state index contributed by atoms with van der Waals surface area (Å²) < 4.78 is 0. The summed E-state index contributed by atoms with van der Waals surface area (Å²) in [6, 6.07) is 19.4. The summed E-state index contributed by atoms with van der Waals surface area (Å²) in [5.41, 5.74) is 2.07. The zero-order chi connectivity index (χ0) is 21.3. The van der Waals surface area contributed by atoms with E-state index in [1.165, 1.54) is 6.08 Å². The Morgan fingerprint density at radius 2 is 1.57 bits per heavy atom. The average Bonchev–Trinajstić information content (AvgIpc) is 2.73. The number of carbonyl (C=O) groups is 1. The van der Waals surface area contributed by atoms with Crippen molar-refractivity contribution >= 4 is 57.6 Å². The lowest BCUT2D eigenvalue weighted by Gasteiger charge is -2.11. The van der Waals surface area contributed by atoms with Crippen molar-refractivity contribution in [2.45, 2.75) is 0 Å². The Bertz CT molecular complexity index is 1360. The van der Waals surface area contributed by atoms with Crippen molar-refractivity contribution in [3.05, 3.63) is 109 Å². The van der Waals surface area contributed by atoms with Crippen LogP contribution >= 0.6 is 34.8 Å². The maximum absolute atomic E-state index is 13.1. The zero-order valence-corrected chi connectivity index (χ0v) is 17.7. The molecule has 3 nitrogen and oxygen atoms in total. The van der Waals surface area contributed by atoms with Crippen molar-refractivity contribution in [3.63, 3.8) is 0 Å². The van der Waals surface area contributed by atoms with E-state index in [4.69, 9.17) is 34.8 Å². The third-order valence-corrected chi connectivity index (χ3v) is 5.46. The van der Waals surface area contributed by atoms with Crippen LogP contribution in [-0.2, 0) is 0 Å². The molecule has 1 heterocycles. The number of carbonyl (C=O) groups excluding carboxylic acids is 1. The number of pyridine rings is 1. The number of hydrogen-bond acceptors (Lipinski definition) is 2. The summed E-state index contributed by atoms with van der Waals surface area (Å²) >= 11 is 18.3. The van der Waals surface area contributed by atoms with Crippen molar-refractivity contribution in [2.24, 2.45) is 0 Å². The van der Waals surface area contributed by atoms with Gasteiger partial charge in [-0.05, 0) is 53.6 Å². The molecule has 1 N–H and O–H groups in total. The first-order valence-corrected chi connectivity index (χ1v) is 10.2. The minimum Gasteiger partial charge on any atom is -0.321 e. The second-order valence-corrected chi connectivity index (χ2v) is 7.90. The predicted octanol–water partition coefficient (Wildman–Crippen LogP) is 7.05. The summed E-state index contributed by atoms with van der Waals surface area (Å²) in [6.07, 6.45) is 2.90. The Hall–Kier alpha value is -2.85. The van der Waals surface area contributed by atoms with Crippen molar-refractivity contribution in [1.29, 1.82) is 0 Å². The quantitative estimate of drug-likeness (QED) is 0.265. The molecule has 0 amide bonds. The number of halogens is 3. The van der Waals surface area contributed by atoms with Gasteiger partial charge < -0.3 is 4.98 Å². The summed E-state index contributed by atoms with van der Waals surface area (Å²) in [4.78, 5) is 28.8. The zero-order valence-electron chi connectivity index (χ0n) is 15.5. The number of allylic oxidation sites excluding steroid dienone is 1. The number of nitrogens with one attached hydrogen (secondary N) is 1. The summed E-state index contributed by atoms with van der Waals surface area (Å²) in [5.74, 6) is -0.442. The van der Waals surface area contributed by atoms with E-state index in [1.807, 2.05) is 30.3 Å². The lowest BCUT2D eigenvalue weighted by molar-refractivity contribution is 0.104. The molecule has 4 aromatic rings. The molecule has 0 aliphatic carbocycles. The molecule has 0 fully saturated rings. The monoisotopic (exact) mass is 453 g/mol. The second-order valence-electron chi connectivity index (χ2n) is 6.62. The first kappa shape index (κ1) is 20.4. The molecule has 0 bridgehead atoms. The first-order valence-electron chi connectivity index (χ1n) is 9.02. The molecule has 4 rings (SSSR count). The standard InChI is InChI=1S/C24H14Cl3NO2/c25-16-9-10-20-18(12-16)22(15-4-2-1-3-5-15)23(24(30)28-20)21(29)11-7-14-6-8-17(26)13-19(14)27/h1-13H,(H,28,30)/b11-7+. The van der Waals surface area contributed by atoms with Gasteiger partial charge >= 0.3 is 0 Å². The van der Waals surface area contributed by atoms with Crippen molar-refractivity contribution < 1.29 is 4.79 Å². The van der Waals surface area contributed by atoms with Crippen LogP contribution in [0, 0.1) is 0 Å². The van der Waals surface area contributed by atoms with E-state index in [-0.39, 0.29) is 5.56 Å². The highest BCUT2D eigenvalue weighted by Gasteiger charge is 2.19. The molecule has 0 radical (unpaired) electrons. The van der Waals surface area contributed by atoms with E-state index in [0.29, 0.717) is 37.1 Å². The molecule has 30 heavy (non-hydrogen) atoms. The van der Waals surface area contributed by atoms with Gasteiger partial charge in [0.2, 0.25) is 0 Å². The van der Waals surface area contributed by atoms with E-state index in [2.05, 4.69) is 4.98 Å². The van der Waals surface area contributed by atoms with E-state index < -0.39 is 11.3 Å². The van der Waals surface area contributed by atoms with E-state index in [0.717, 1.165) is 5.56 Å². The predicted molar refractivity (Wildman–Crippen MR) is 125 cm³/mol. The van der Waals surface area contributed by atoms with Gasteiger partial charge in [-0.1, -0.05) is 71.2 Å². The molecule has 3 aromatic carbocycles. The molecular weight excluding hydrogens is 441 g/mol. The van der Waals surface area contributed by atoms with Gasteiger partial charge in [0.1, 0.15) is 0 Å². The van der Waals surface area contributed by atoms with E-state index >= 15 is 0 Å². The van der Waals surface area contributed by atoms with Crippen molar-refractivity contribution in [1.82, 2.24) is 4.98 Å². The third-order valence-electron chi connectivity index (χ3n) is 4.66. The minimum absolute atomic E-state index is 0.0392. The van der Waals surface area contributed by atoms with Gasteiger partial charge in [0.05, 0.1) is 5.56 Å². The number of ketones is 1. The van der Waals surface area contributed by atoms with Gasteiger partial charge in [0.25, 0.3) is 5.56 Å². The van der Waals surface area contributed by atoms with Gasteiger partial charge in [0, 0.05) is 31.5 Å². The van der Waals surface area contributed by atoms with E-state index in [9.17, 15) is 9.59 Å². The molecule has 0 aliphatic heterocycles. The van der Waals surface area contributed by atoms with Crippen molar-refractivity contribution in [3.8, 4) is 11.1 Å². The Morgan fingerprint density at radius 3 is 2.30 bits per heavy atom. The number of benzene rings is 3. The Morgan fingerprint density at radius 1 is 0.867 bits per heavy atom. The highest BCUT2D eigenvalue weighted by molar-refractivity contribution is 6.35. The first-order chi connectivity index (χ1) is 14.4. The topological polar surface area (TPSA) is 49.9 Å². The number of H-pyrrole nitrogens is 1.